The van der Waals surface area contributed by atoms with Crippen LogP contribution < -0.4 is 0 Å². The number of para-hydroxylation sites is 1. The van der Waals surface area contributed by atoms with Gasteiger partial charge in [0.1, 0.15) is 11.9 Å². The molecule has 0 spiro atoms. The number of carboxylic acid groups (broad SMARTS) is 1. The zero-order chi connectivity index (χ0) is 20.8. The minimum atomic E-state index is -0.844. The van der Waals surface area contributed by atoms with Crippen LogP contribution in [0.2, 0.25) is 0 Å². The number of piperidine rings is 1. The molecule has 1 aliphatic rings. The average Bonchev–Trinajstić information content (AvgIpc) is 3.29. The van der Waals surface area contributed by atoms with E-state index in [-0.39, 0.29) is 11.7 Å². The largest absolute Gasteiger partial charge is 0.480 e. The normalized spacial score (nSPS) is 17.0. The Bertz CT molecular complexity index is 1240. The Labute approximate surface area is 172 Å². The van der Waals surface area contributed by atoms with E-state index in [0.29, 0.717) is 18.7 Å². The Morgan fingerprint density at radius 1 is 1.23 bits per heavy atom. The van der Waals surface area contributed by atoms with Gasteiger partial charge in [0.15, 0.2) is 5.58 Å². The van der Waals surface area contributed by atoms with Crippen molar-refractivity contribution in [3.05, 3.63) is 65.2 Å². The second-order valence-electron chi connectivity index (χ2n) is 7.97. The lowest BCUT2D eigenvalue weighted by Gasteiger charge is -2.35. The second kappa shape index (κ2) is 7.25. The van der Waals surface area contributed by atoms with E-state index in [1.54, 1.807) is 6.07 Å². The summed E-state index contributed by atoms with van der Waals surface area (Å²) in [5.74, 6) is -1.03. The molecule has 2 N–H and O–H groups in total. The van der Waals surface area contributed by atoms with Crippen LogP contribution in [0.15, 0.2) is 47.0 Å². The number of H-pyrrole nitrogens is 1. The molecule has 0 radical (unpaired) electrons. The summed E-state index contributed by atoms with van der Waals surface area (Å²) < 4.78 is 18.7. The van der Waals surface area contributed by atoms with Gasteiger partial charge < -0.3 is 14.6 Å². The molecule has 0 aliphatic carbocycles. The summed E-state index contributed by atoms with van der Waals surface area (Å²) >= 11 is 0. The first-order valence-electron chi connectivity index (χ1n) is 10.1. The number of rotatable bonds is 4. The molecule has 5 rings (SSSR count). The number of fused-ring (bicyclic) bond motifs is 2. The molecular formula is C23H22FN3O3. The predicted octanol–water partition coefficient (Wildman–Crippen LogP) is 4.76. The Hall–Kier alpha value is -3.19. The first kappa shape index (κ1) is 18.8. The molecule has 1 aliphatic heterocycles. The van der Waals surface area contributed by atoms with Crippen LogP contribution in [0.4, 0.5) is 4.39 Å². The number of hydrogen-bond donors (Lipinski definition) is 2. The van der Waals surface area contributed by atoms with Crippen molar-refractivity contribution in [1.82, 2.24) is 15.0 Å². The fourth-order valence-electron chi connectivity index (χ4n) is 4.77. The lowest BCUT2D eigenvalue weighted by Crippen LogP contribution is -2.40. The van der Waals surface area contributed by atoms with Crippen molar-refractivity contribution in [2.45, 2.75) is 31.7 Å². The van der Waals surface area contributed by atoms with Crippen LogP contribution in [0, 0.1) is 12.7 Å². The van der Waals surface area contributed by atoms with Crippen LogP contribution in [0.25, 0.3) is 21.9 Å². The average molecular weight is 407 g/mol. The van der Waals surface area contributed by atoms with Gasteiger partial charge in [-0.15, -0.1) is 0 Å². The molecule has 2 aromatic heterocycles. The van der Waals surface area contributed by atoms with Crippen LogP contribution in [-0.2, 0) is 4.79 Å². The summed E-state index contributed by atoms with van der Waals surface area (Å²) in [5, 5.41) is 16.1. The number of hydrogen-bond acceptors (Lipinski definition) is 4. The molecule has 30 heavy (non-hydrogen) atoms. The molecule has 2 aromatic carbocycles. The van der Waals surface area contributed by atoms with E-state index < -0.39 is 12.0 Å². The quantitative estimate of drug-likeness (QED) is 0.510. The zero-order valence-corrected chi connectivity index (χ0v) is 16.6. The highest BCUT2D eigenvalue weighted by Crippen LogP contribution is 2.38. The van der Waals surface area contributed by atoms with E-state index in [1.165, 1.54) is 12.1 Å². The maximum absolute atomic E-state index is 13.4. The third-order valence-electron chi connectivity index (χ3n) is 6.19. The highest BCUT2D eigenvalue weighted by Gasteiger charge is 2.35. The van der Waals surface area contributed by atoms with Gasteiger partial charge >= 0.3 is 5.97 Å². The van der Waals surface area contributed by atoms with Crippen LogP contribution in [0.5, 0.6) is 0 Å². The molecule has 154 valence electrons. The number of nitrogens with one attached hydrogen (secondary N) is 1. The van der Waals surface area contributed by atoms with Crippen molar-refractivity contribution in [2.24, 2.45) is 0 Å². The summed E-state index contributed by atoms with van der Waals surface area (Å²) in [6, 6.07) is 11.6. The van der Waals surface area contributed by atoms with Gasteiger partial charge in [-0.1, -0.05) is 23.4 Å². The number of halogens is 1. The van der Waals surface area contributed by atoms with Crippen LogP contribution in [0.1, 0.15) is 41.8 Å². The van der Waals surface area contributed by atoms with E-state index in [1.807, 2.05) is 36.1 Å². The summed E-state index contributed by atoms with van der Waals surface area (Å²) in [4.78, 5) is 17.6. The number of aromatic amines is 1. The Kier molecular flexibility index (Phi) is 4.55. The maximum atomic E-state index is 13.4. The van der Waals surface area contributed by atoms with Gasteiger partial charge in [-0.2, -0.15) is 0 Å². The van der Waals surface area contributed by atoms with Crippen molar-refractivity contribution in [2.75, 3.05) is 13.1 Å². The van der Waals surface area contributed by atoms with Gasteiger partial charge in [-0.25, -0.2) is 4.39 Å². The number of aliphatic carboxylic acids is 1. The SMILES string of the molecule is Cc1[nH]c2ccccc2c1[C@H](C(=O)O)N1CCC(c2noc3cc(F)ccc23)CC1. The number of nitrogens with zero attached hydrogens (tertiary/aromatic N) is 2. The van der Waals surface area contributed by atoms with Crippen molar-refractivity contribution < 1.29 is 18.8 Å². The van der Waals surface area contributed by atoms with Crippen molar-refractivity contribution in [1.29, 1.82) is 0 Å². The van der Waals surface area contributed by atoms with Crippen LogP contribution >= 0.6 is 0 Å². The van der Waals surface area contributed by atoms with E-state index in [4.69, 9.17) is 4.52 Å². The van der Waals surface area contributed by atoms with Gasteiger partial charge in [-0.05, 0) is 51.1 Å². The number of carboxylic acids is 1. The minimum absolute atomic E-state index is 0.159. The fourth-order valence-corrected chi connectivity index (χ4v) is 4.77. The molecule has 3 heterocycles. The van der Waals surface area contributed by atoms with Crippen LogP contribution in [-0.4, -0.2) is 39.2 Å². The van der Waals surface area contributed by atoms with E-state index >= 15 is 0 Å². The van der Waals surface area contributed by atoms with E-state index in [9.17, 15) is 14.3 Å². The topological polar surface area (TPSA) is 82.4 Å². The minimum Gasteiger partial charge on any atom is -0.480 e. The Balaban J connectivity index is 1.41. The van der Waals surface area contributed by atoms with E-state index in [2.05, 4.69) is 10.1 Å². The molecule has 7 heteroatoms. The van der Waals surface area contributed by atoms with Crippen LogP contribution in [0.3, 0.4) is 0 Å². The molecule has 4 aromatic rings. The number of aromatic nitrogens is 2. The number of likely N-dealkylation sites (tertiary alicyclic amines) is 1. The molecule has 0 bridgehead atoms. The monoisotopic (exact) mass is 407 g/mol. The standard InChI is InChI=1S/C23H22FN3O3/c1-13-20(16-4-2-3-5-18(16)25-13)22(23(28)29)27-10-8-14(9-11-27)21-17-7-6-15(24)12-19(17)30-26-21/h2-7,12,14,22,25H,8-11H2,1H3,(H,28,29)/t22-/m1/s1. The molecular weight excluding hydrogens is 385 g/mol. The Morgan fingerprint density at radius 2 is 2.00 bits per heavy atom. The Morgan fingerprint density at radius 3 is 2.77 bits per heavy atom. The van der Waals surface area contributed by atoms with Crippen molar-refractivity contribution >= 4 is 27.8 Å². The van der Waals surface area contributed by atoms with Gasteiger partial charge in [0.05, 0.1) is 5.69 Å². The lowest BCUT2D eigenvalue weighted by molar-refractivity contribution is -0.144. The molecule has 6 nitrogen and oxygen atoms in total. The third kappa shape index (κ3) is 3.06. The van der Waals surface area contributed by atoms with Crippen molar-refractivity contribution in [3.8, 4) is 0 Å². The van der Waals surface area contributed by atoms with Crippen molar-refractivity contribution in [3.63, 3.8) is 0 Å². The smallest absolute Gasteiger partial charge is 0.325 e. The third-order valence-corrected chi connectivity index (χ3v) is 6.19. The highest BCUT2D eigenvalue weighted by atomic mass is 19.1. The molecule has 1 atom stereocenters. The lowest BCUT2D eigenvalue weighted by atomic mass is 9.89. The van der Waals surface area contributed by atoms with Gasteiger partial charge in [0.25, 0.3) is 0 Å². The van der Waals surface area contributed by atoms with E-state index in [0.717, 1.165) is 46.1 Å². The molecule has 1 saturated heterocycles. The maximum Gasteiger partial charge on any atom is 0.325 e. The number of benzene rings is 2. The summed E-state index contributed by atoms with van der Waals surface area (Å²) in [7, 11) is 0. The molecule has 0 amide bonds. The molecule has 0 unspecified atom stereocenters. The second-order valence-corrected chi connectivity index (χ2v) is 7.97. The molecule has 1 fully saturated rings. The zero-order valence-electron chi connectivity index (χ0n) is 16.6. The van der Waals surface area contributed by atoms with Gasteiger partial charge in [-0.3, -0.25) is 9.69 Å². The number of carbonyl (C=O) groups is 1. The fraction of sp³-hybridized carbons (Fsp3) is 0.304. The summed E-state index contributed by atoms with van der Waals surface area (Å²) in [6.07, 6.45) is 1.54. The predicted molar refractivity (Wildman–Crippen MR) is 111 cm³/mol. The summed E-state index contributed by atoms with van der Waals surface area (Å²) in [5.41, 5.74) is 3.95. The number of aryl methyl sites for hydroxylation is 1. The summed E-state index contributed by atoms with van der Waals surface area (Å²) in [6.45, 7) is 3.20. The molecule has 0 saturated carbocycles. The van der Waals surface area contributed by atoms with Gasteiger partial charge in [0, 0.05) is 39.5 Å². The van der Waals surface area contributed by atoms with Gasteiger partial charge in [0.2, 0.25) is 0 Å². The first-order valence-corrected chi connectivity index (χ1v) is 10.1. The highest BCUT2D eigenvalue weighted by molar-refractivity contribution is 5.90. The first-order chi connectivity index (χ1) is 14.5.